The number of piperidine rings is 1. The lowest BCUT2D eigenvalue weighted by molar-refractivity contribution is -0.122. The van der Waals surface area contributed by atoms with E-state index in [-0.39, 0.29) is 18.0 Å². The normalized spacial score (nSPS) is 18.6. The van der Waals surface area contributed by atoms with Crippen LogP contribution in [0.4, 0.5) is 0 Å². The van der Waals surface area contributed by atoms with Crippen molar-refractivity contribution in [1.82, 2.24) is 19.8 Å². The van der Waals surface area contributed by atoms with Gasteiger partial charge >= 0.3 is 0 Å². The van der Waals surface area contributed by atoms with E-state index in [1.165, 1.54) is 17.3 Å². The average molecular weight is 342 g/mol. The molecule has 1 amide bonds. The smallest absolute Gasteiger partial charge is 0.261 e. The van der Waals surface area contributed by atoms with E-state index in [0.29, 0.717) is 29.4 Å². The van der Waals surface area contributed by atoms with Crippen LogP contribution >= 0.6 is 0 Å². The highest BCUT2D eigenvalue weighted by Crippen LogP contribution is 2.17. The molecular formula is C19H26N4O2. The summed E-state index contributed by atoms with van der Waals surface area (Å²) in [6.07, 6.45) is 3.76. The highest BCUT2D eigenvalue weighted by molar-refractivity contribution is 5.78. The average Bonchev–Trinajstić information content (AvgIpc) is 2.63. The predicted octanol–water partition coefficient (Wildman–Crippen LogP) is 1.63. The van der Waals surface area contributed by atoms with E-state index in [9.17, 15) is 9.59 Å². The van der Waals surface area contributed by atoms with E-state index in [1.807, 2.05) is 6.07 Å². The van der Waals surface area contributed by atoms with Gasteiger partial charge in [-0.3, -0.25) is 14.2 Å². The van der Waals surface area contributed by atoms with Crippen LogP contribution in [0.2, 0.25) is 0 Å². The van der Waals surface area contributed by atoms with Crippen molar-refractivity contribution in [2.45, 2.75) is 39.3 Å². The quantitative estimate of drug-likeness (QED) is 0.897. The second kappa shape index (κ2) is 7.78. The molecule has 1 aromatic carbocycles. The number of hydrogen-bond acceptors (Lipinski definition) is 4. The standard InChI is InChI=1S/C19H26N4O2/c1-14(2)22-9-5-6-15(11-22)10-20-18(24)12-23-13-21-17-8-4-3-7-16(17)19(23)25/h3-4,7-8,13-15H,5-6,9-12H2,1-2H3,(H,20,24)/t15-/m0/s1. The SMILES string of the molecule is CC(C)N1CCC[C@@H](CNC(=O)Cn2cnc3ccccc3c2=O)C1. The van der Waals surface area contributed by atoms with Crippen molar-refractivity contribution in [3.63, 3.8) is 0 Å². The summed E-state index contributed by atoms with van der Waals surface area (Å²) in [4.78, 5) is 31.4. The van der Waals surface area contributed by atoms with Crippen molar-refractivity contribution in [3.05, 3.63) is 40.9 Å². The number of aromatic nitrogens is 2. The number of nitrogens with one attached hydrogen (secondary N) is 1. The summed E-state index contributed by atoms with van der Waals surface area (Å²) in [5, 5.41) is 3.52. The van der Waals surface area contributed by atoms with Crippen LogP contribution in [0.3, 0.4) is 0 Å². The number of para-hydroxylation sites is 1. The summed E-state index contributed by atoms with van der Waals surface area (Å²) < 4.78 is 1.37. The summed E-state index contributed by atoms with van der Waals surface area (Å²) in [5.74, 6) is 0.340. The maximum atomic E-state index is 12.4. The van der Waals surface area contributed by atoms with E-state index in [4.69, 9.17) is 0 Å². The molecule has 25 heavy (non-hydrogen) atoms. The molecule has 1 N–H and O–H groups in total. The number of nitrogens with zero attached hydrogens (tertiary/aromatic N) is 3. The maximum absolute atomic E-state index is 12.4. The number of rotatable bonds is 5. The first kappa shape index (κ1) is 17.6. The van der Waals surface area contributed by atoms with Crippen LogP contribution < -0.4 is 10.9 Å². The Morgan fingerprint density at radius 1 is 1.36 bits per heavy atom. The predicted molar refractivity (Wildman–Crippen MR) is 98.4 cm³/mol. The number of hydrogen-bond donors (Lipinski definition) is 1. The van der Waals surface area contributed by atoms with Gasteiger partial charge < -0.3 is 10.2 Å². The number of fused-ring (bicyclic) bond motifs is 1. The fraction of sp³-hybridized carbons (Fsp3) is 0.526. The number of likely N-dealkylation sites (tertiary alicyclic amines) is 1. The van der Waals surface area contributed by atoms with Gasteiger partial charge in [0, 0.05) is 19.1 Å². The second-order valence-electron chi connectivity index (χ2n) is 7.10. The Balaban J connectivity index is 1.58. The minimum atomic E-state index is -0.176. The molecular weight excluding hydrogens is 316 g/mol. The topological polar surface area (TPSA) is 67.2 Å². The van der Waals surface area contributed by atoms with Gasteiger partial charge in [0.05, 0.1) is 17.2 Å². The Labute approximate surface area is 147 Å². The van der Waals surface area contributed by atoms with Crippen LogP contribution in [0.5, 0.6) is 0 Å². The summed E-state index contributed by atoms with van der Waals surface area (Å²) in [7, 11) is 0. The fourth-order valence-corrected chi connectivity index (χ4v) is 3.42. The number of carbonyl (C=O) groups excluding carboxylic acids is 1. The van der Waals surface area contributed by atoms with Crippen LogP contribution in [0, 0.1) is 5.92 Å². The van der Waals surface area contributed by atoms with Gasteiger partial charge in [-0.25, -0.2) is 4.98 Å². The van der Waals surface area contributed by atoms with Gasteiger partial charge in [0.2, 0.25) is 5.91 Å². The molecule has 1 atom stereocenters. The third-order valence-electron chi connectivity index (χ3n) is 4.91. The largest absolute Gasteiger partial charge is 0.354 e. The van der Waals surface area contributed by atoms with Crippen LogP contribution in [0.1, 0.15) is 26.7 Å². The minimum Gasteiger partial charge on any atom is -0.354 e. The van der Waals surface area contributed by atoms with Gasteiger partial charge in [-0.05, 0) is 51.3 Å². The zero-order valence-corrected chi connectivity index (χ0v) is 14.9. The molecule has 2 heterocycles. The van der Waals surface area contributed by atoms with Crippen LogP contribution in [0.15, 0.2) is 35.4 Å². The Morgan fingerprint density at radius 2 is 2.16 bits per heavy atom. The van der Waals surface area contributed by atoms with E-state index in [2.05, 4.69) is 29.0 Å². The van der Waals surface area contributed by atoms with E-state index < -0.39 is 0 Å². The zero-order chi connectivity index (χ0) is 17.8. The van der Waals surface area contributed by atoms with E-state index >= 15 is 0 Å². The first-order valence-electron chi connectivity index (χ1n) is 8.99. The second-order valence-corrected chi connectivity index (χ2v) is 7.10. The molecule has 134 valence electrons. The van der Waals surface area contributed by atoms with Crippen molar-refractivity contribution in [1.29, 1.82) is 0 Å². The molecule has 1 fully saturated rings. The molecule has 0 unspecified atom stereocenters. The summed E-state index contributed by atoms with van der Waals surface area (Å²) in [6, 6.07) is 7.73. The molecule has 3 rings (SSSR count). The molecule has 1 aromatic heterocycles. The molecule has 1 aliphatic rings. The van der Waals surface area contributed by atoms with Crippen molar-refractivity contribution >= 4 is 16.8 Å². The third kappa shape index (κ3) is 4.25. The molecule has 1 saturated heterocycles. The van der Waals surface area contributed by atoms with Crippen molar-refractivity contribution in [2.75, 3.05) is 19.6 Å². The summed E-state index contributed by atoms with van der Waals surface area (Å²) in [6.45, 7) is 7.25. The van der Waals surface area contributed by atoms with Gasteiger partial charge in [-0.2, -0.15) is 0 Å². The highest BCUT2D eigenvalue weighted by Gasteiger charge is 2.22. The lowest BCUT2D eigenvalue weighted by atomic mass is 9.97. The van der Waals surface area contributed by atoms with Crippen molar-refractivity contribution in [3.8, 4) is 0 Å². The van der Waals surface area contributed by atoms with Gasteiger partial charge in [0.1, 0.15) is 6.54 Å². The first-order chi connectivity index (χ1) is 12.0. The molecule has 0 bridgehead atoms. The molecule has 0 saturated carbocycles. The monoisotopic (exact) mass is 342 g/mol. The molecule has 6 nitrogen and oxygen atoms in total. The van der Waals surface area contributed by atoms with Crippen LogP contribution in [-0.4, -0.2) is 46.0 Å². The van der Waals surface area contributed by atoms with E-state index in [1.54, 1.807) is 18.2 Å². The van der Waals surface area contributed by atoms with Gasteiger partial charge in [-0.1, -0.05) is 12.1 Å². The number of amides is 1. The van der Waals surface area contributed by atoms with Crippen molar-refractivity contribution in [2.24, 2.45) is 5.92 Å². The number of benzene rings is 1. The fourth-order valence-electron chi connectivity index (χ4n) is 3.42. The Kier molecular flexibility index (Phi) is 5.48. The van der Waals surface area contributed by atoms with Crippen LogP contribution in [-0.2, 0) is 11.3 Å². The molecule has 6 heteroatoms. The van der Waals surface area contributed by atoms with Crippen molar-refractivity contribution < 1.29 is 4.79 Å². The van der Waals surface area contributed by atoms with Crippen LogP contribution in [0.25, 0.3) is 10.9 Å². The molecule has 0 spiro atoms. The Bertz CT molecular complexity index is 799. The van der Waals surface area contributed by atoms with Gasteiger partial charge in [0.25, 0.3) is 5.56 Å². The first-order valence-corrected chi connectivity index (χ1v) is 8.99. The molecule has 1 aliphatic heterocycles. The zero-order valence-electron chi connectivity index (χ0n) is 14.9. The van der Waals surface area contributed by atoms with E-state index in [0.717, 1.165) is 19.5 Å². The number of carbonyl (C=O) groups is 1. The molecule has 0 aliphatic carbocycles. The summed E-state index contributed by atoms with van der Waals surface area (Å²) in [5.41, 5.74) is 0.476. The van der Waals surface area contributed by atoms with Gasteiger partial charge in [0.15, 0.2) is 0 Å². The summed E-state index contributed by atoms with van der Waals surface area (Å²) >= 11 is 0. The molecule has 2 aromatic rings. The molecule has 0 radical (unpaired) electrons. The lowest BCUT2D eigenvalue weighted by Gasteiger charge is -2.35. The Morgan fingerprint density at radius 3 is 2.96 bits per heavy atom. The third-order valence-corrected chi connectivity index (χ3v) is 4.91. The van der Waals surface area contributed by atoms with Gasteiger partial charge in [-0.15, -0.1) is 0 Å². The lowest BCUT2D eigenvalue weighted by Crippen LogP contribution is -2.44. The maximum Gasteiger partial charge on any atom is 0.261 e. The minimum absolute atomic E-state index is 0.0112. The highest BCUT2D eigenvalue weighted by atomic mass is 16.2. The Hall–Kier alpha value is -2.21.